The molecule has 0 saturated carbocycles. The summed E-state index contributed by atoms with van der Waals surface area (Å²) in [5, 5.41) is 6.47. The Hall–Kier alpha value is -2.62. The van der Waals surface area contributed by atoms with Crippen LogP contribution in [-0.4, -0.2) is 41.5 Å². The van der Waals surface area contributed by atoms with Crippen molar-refractivity contribution < 1.29 is 13.2 Å². The van der Waals surface area contributed by atoms with Crippen LogP contribution in [0.1, 0.15) is 17.3 Å². The van der Waals surface area contributed by atoms with Gasteiger partial charge in [-0.15, -0.1) is 0 Å². The lowest BCUT2D eigenvalue weighted by molar-refractivity contribution is 0.0952. The van der Waals surface area contributed by atoms with Gasteiger partial charge in [0.2, 0.25) is 0 Å². The van der Waals surface area contributed by atoms with Gasteiger partial charge in [-0.2, -0.15) is 5.10 Å². The summed E-state index contributed by atoms with van der Waals surface area (Å²) in [6, 6.07) is 7.84. The van der Waals surface area contributed by atoms with E-state index in [2.05, 4.69) is 10.4 Å². The van der Waals surface area contributed by atoms with Gasteiger partial charge < -0.3 is 5.32 Å². The normalized spacial score (nSPS) is 11.4. The van der Waals surface area contributed by atoms with Gasteiger partial charge >= 0.3 is 0 Å². The van der Waals surface area contributed by atoms with Crippen molar-refractivity contribution >= 4 is 38.9 Å². The molecule has 0 fully saturated rings. The van der Waals surface area contributed by atoms with Crippen LogP contribution in [-0.2, 0) is 9.84 Å². The molecular weight excluding hydrogens is 439 g/mol. The second-order valence-electron chi connectivity index (χ2n) is 6.08. The molecule has 3 aromatic rings. The molecule has 1 N–H and O–H groups in total. The number of aromatic nitrogens is 3. The van der Waals surface area contributed by atoms with Crippen LogP contribution in [0.25, 0.3) is 11.4 Å². The Bertz CT molecular complexity index is 1250. The van der Waals surface area contributed by atoms with Crippen LogP contribution in [0.3, 0.4) is 0 Å². The van der Waals surface area contributed by atoms with E-state index in [1.807, 2.05) is 0 Å². The SMILES string of the molecule is CCNC(=O)c1cnn(-c2ccc(-n3ccc(Cl)c(Cl)c3=O)cc2)c1S(C)(=O)=O. The Labute approximate surface area is 176 Å². The third-order valence-corrected chi connectivity index (χ3v) is 5.89. The van der Waals surface area contributed by atoms with E-state index in [0.29, 0.717) is 17.9 Å². The molecule has 0 aliphatic heterocycles. The van der Waals surface area contributed by atoms with Crippen molar-refractivity contribution in [2.75, 3.05) is 12.8 Å². The third kappa shape index (κ3) is 4.07. The topological polar surface area (TPSA) is 103 Å². The first-order valence-electron chi connectivity index (χ1n) is 8.39. The second-order valence-corrected chi connectivity index (χ2v) is 8.79. The minimum absolute atomic E-state index is 0.0425. The molecule has 0 radical (unpaired) electrons. The summed E-state index contributed by atoms with van der Waals surface area (Å²) < 4.78 is 27.1. The summed E-state index contributed by atoms with van der Waals surface area (Å²) in [5.74, 6) is -0.529. The highest BCUT2D eigenvalue weighted by molar-refractivity contribution is 7.90. The fourth-order valence-corrected chi connectivity index (χ4v) is 4.04. The summed E-state index contributed by atoms with van der Waals surface area (Å²) in [6.07, 6.45) is 3.69. The highest BCUT2D eigenvalue weighted by atomic mass is 35.5. The van der Waals surface area contributed by atoms with Gasteiger partial charge in [0, 0.05) is 24.7 Å². The van der Waals surface area contributed by atoms with Crippen molar-refractivity contribution in [3.05, 3.63) is 68.7 Å². The van der Waals surface area contributed by atoms with Gasteiger partial charge in [0.25, 0.3) is 11.5 Å². The maximum absolute atomic E-state index is 12.3. The molecular formula is C18H16Cl2N4O4S. The molecule has 8 nitrogen and oxygen atoms in total. The average Bonchev–Trinajstić information content (AvgIpc) is 3.12. The Morgan fingerprint density at radius 2 is 1.76 bits per heavy atom. The van der Waals surface area contributed by atoms with Gasteiger partial charge in [0.15, 0.2) is 14.9 Å². The van der Waals surface area contributed by atoms with Crippen molar-refractivity contribution in [3.8, 4) is 11.4 Å². The molecule has 0 spiro atoms. The maximum atomic E-state index is 12.3. The molecule has 1 amide bonds. The highest BCUT2D eigenvalue weighted by Crippen LogP contribution is 2.22. The van der Waals surface area contributed by atoms with Crippen molar-refractivity contribution in [1.82, 2.24) is 19.7 Å². The molecule has 0 saturated heterocycles. The molecule has 152 valence electrons. The first kappa shape index (κ1) is 21.1. The third-order valence-electron chi connectivity index (χ3n) is 4.02. The summed E-state index contributed by atoms with van der Waals surface area (Å²) in [5.41, 5.74) is 0.368. The Morgan fingerprint density at radius 3 is 2.34 bits per heavy atom. The van der Waals surface area contributed by atoms with Crippen molar-refractivity contribution in [3.63, 3.8) is 0 Å². The molecule has 0 aliphatic carbocycles. The van der Waals surface area contributed by atoms with Gasteiger partial charge in [-0.3, -0.25) is 14.2 Å². The molecule has 0 aliphatic rings. The lowest BCUT2D eigenvalue weighted by Crippen LogP contribution is -2.24. The molecule has 2 heterocycles. The van der Waals surface area contributed by atoms with Crippen molar-refractivity contribution in [2.45, 2.75) is 11.9 Å². The van der Waals surface area contributed by atoms with Crippen LogP contribution in [0.2, 0.25) is 10.0 Å². The smallest absolute Gasteiger partial charge is 0.275 e. The van der Waals surface area contributed by atoms with Crippen LogP contribution < -0.4 is 10.9 Å². The predicted octanol–water partition coefficient (Wildman–Crippen LogP) is 2.48. The number of sulfone groups is 1. The van der Waals surface area contributed by atoms with Crippen LogP contribution in [0.4, 0.5) is 0 Å². The molecule has 0 atom stereocenters. The zero-order valence-corrected chi connectivity index (χ0v) is 17.7. The first-order chi connectivity index (χ1) is 13.6. The Balaban J connectivity index is 2.09. The molecule has 3 rings (SSSR count). The van der Waals surface area contributed by atoms with Crippen LogP contribution in [0.15, 0.2) is 52.5 Å². The number of hydrogen-bond acceptors (Lipinski definition) is 5. The van der Waals surface area contributed by atoms with Gasteiger partial charge in [0.1, 0.15) is 5.02 Å². The van der Waals surface area contributed by atoms with E-state index in [0.717, 1.165) is 6.26 Å². The molecule has 29 heavy (non-hydrogen) atoms. The Kier molecular flexibility index (Phi) is 5.83. The van der Waals surface area contributed by atoms with Crippen molar-refractivity contribution in [1.29, 1.82) is 0 Å². The minimum Gasteiger partial charge on any atom is -0.352 e. The number of rotatable bonds is 5. The standard InChI is InChI=1S/C18H16Cl2N4O4S/c1-3-21-16(25)13-10-22-24(18(13)29(2,27)28)12-6-4-11(5-7-12)23-9-8-14(19)15(20)17(23)26/h4-10H,3H2,1-2H3,(H,21,25). The van der Waals surface area contributed by atoms with Crippen LogP contribution in [0.5, 0.6) is 0 Å². The molecule has 2 aromatic heterocycles. The number of nitrogens with one attached hydrogen (secondary N) is 1. The van der Waals surface area contributed by atoms with E-state index in [-0.39, 0.29) is 20.6 Å². The number of hydrogen-bond donors (Lipinski definition) is 1. The van der Waals surface area contributed by atoms with Gasteiger partial charge in [-0.05, 0) is 37.3 Å². The van der Waals surface area contributed by atoms with Gasteiger partial charge in [-0.1, -0.05) is 23.2 Å². The largest absolute Gasteiger partial charge is 0.352 e. The first-order valence-corrected chi connectivity index (χ1v) is 11.0. The maximum Gasteiger partial charge on any atom is 0.275 e. The fourth-order valence-electron chi connectivity index (χ4n) is 2.74. The lowest BCUT2D eigenvalue weighted by atomic mass is 10.2. The summed E-state index contributed by atoms with van der Waals surface area (Å²) in [7, 11) is -3.76. The lowest BCUT2D eigenvalue weighted by Gasteiger charge is -2.10. The van der Waals surface area contributed by atoms with E-state index < -0.39 is 21.3 Å². The second kappa shape index (κ2) is 8.02. The average molecular weight is 455 g/mol. The van der Waals surface area contributed by atoms with Crippen LogP contribution in [0, 0.1) is 0 Å². The van der Waals surface area contributed by atoms with Gasteiger partial charge in [0.05, 0.1) is 22.5 Å². The van der Waals surface area contributed by atoms with Crippen LogP contribution >= 0.6 is 23.2 Å². The molecule has 0 unspecified atom stereocenters. The molecule has 0 bridgehead atoms. The molecule has 1 aromatic carbocycles. The minimum atomic E-state index is -3.76. The van der Waals surface area contributed by atoms with E-state index >= 15 is 0 Å². The van der Waals surface area contributed by atoms with E-state index in [1.54, 1.807) is 31.2 Å². The van der Waals surface area contributed by atoms with Gasteiger partial charge in [-0.25, -0.2) is 13.1 Å². The number of pyridine rings is 1. The Morgan fingerprint density at radius 1 is 1.14 bits per heavy atom. The van der Waals surface area contributed by atoms with Crippen molar-refractivity contribution in [2.24, 2.45) is 0 Å². The quantitative estimate of drug-likeness (QED) is 0.637. The number of halogens is 2. The fraction of sp³-hybridized carbons (Fsp3) is 0.167. The summed E-state index contributed by atoms with van der Waals surface area (Å²) >= 11 is 11.7. The number of nitrogens with zero attached hydrogens (tertiary/aromatic N) is 3. The summed E-state index contributed by atoms with van der Waals surface area (Å²) in [4.78, 5) is 24.5. The monoisotopic (exact) mass is 454 g/mol. The van der Waals surface area contributed by atoms with E-state index in [1.165, 1.54) is 27.7 Å². The summed E-state index contributed by atoms with van der Waals surface area (Å²) in [6.45, 7) is 2.08. The number of amides is 1. The predicted molar refractivity (Wildman–Crippen MR) is 110 cm³/mol. The van der Waals surface area contributed by atoms with E-state index in [4.69, 9.17) is 23.2 Å². The zero-order valence-electron chi connectivity index (χ0n) is 15.4. The number of carbonyl (C=O) groups excluding carboxylic acids is 1. The molecule has 11 heteroatoms. The number of carbonyl (C=O) groups is 1. The number of benzene rings is 1. The van der Waals surface area contributed by atoms with E-state index in [9.17, 15) is 18.0 Å². The highest BCUT2D eigenvalue weighted by Gasteiger charge is 2.25. The zero-order chi connectivity index (χ0) is 21.3.